The maximum atomic E-state index is 12.7. The number of carbonyl (C=O) groups is 1. The van der Waals surface area contributed by atoms with Crippen LogP contribution in [0.3, 0.4) is 0 Å². The number of ether oxygens (including phenoxy) is 1. The summed E-state index contributed by atoms with van der Waals surface area (Å²) in [5.41, 5.74) is -0.889. The molecule has 0 bridgehead atoms. The molecule has 0 fully saturated rings. The standard InChI is InChI=1S/C18H21N3O5S/c1-18(2,17(22)23)26-14-7-11-16(12-8-14)27(24,25)15-9-5-13(6-10-15)19-20-21(3)4/h5-12H,1-4H3,(H,22,23). The van der Waals surface area contributed by atoms with E-state index in [9.17, 15) is 13.2 Å². The van der Waals surface area contributed by atoms with Gasteiger partial charge in [-0.25, -0.2) is 13.2 Å². The molecule has 27 heavy (non-hydrogen) atoms. The van der Waals surface area contributed by atoms with Crippen LogP contribution in [0.15, 0.2) is 68.7 Å². The van der Waals surface area contributed by atoms with Crippen molar-refractivity contribution in [3.63, 3.8) is 0 Å². The van der Waals surface area contributed by atoms with E-state index in [1.807, 2.05) is 0 Å². The van der Waals surface area contributed by atoms with E-state index in [0.29, 0.717) is 5.69 Å². The van der Waals surface area contributed by atoms with E-state index in [1.54, 1.807) is 26.2 Å². The van der Waals surface area contributed by atoms with Crippen LogP contribution in [-0.4, -0.2) is 44.2 Å². The van der Waals surface area contributed by atoms with Gasteiger partial charge in [-0.15, -0.1) is 5.11 Å². The Hall–Kier alpha value is -2.94. The fraction of sp³-hybridized carbons (Fsp3) is 0.278. The zero-order valence-corrected chi connectivity index (χ0v) is 16.3. The quantitative estimate of drug-likeness (QED) is 0.573. The lowest BCUT2D eigenvalue weighted by atomic mass is 10.1. The zero-order valence-electron chi connectivity index (χ0n) is 15.4. The van der Waals surface area contributed by atoms with Crippen molar-refractivity contribution in [2.45, 2.75) is 29.2 Å². The molecule has 0 unspecified atom stereocenters. The van der Waals surface area contributed by atoms with Crippen LogP contribution >= 0.6 is 0 Å². The minimum Gasteiger partial charge on any atom is -0.478 e. The number of hydrogen-bond donors (Lipinski definition) is 1. The van der Waals surface area contributed by atoms with E-state index in [2.05, 4.69) is 10.3 Å². The van der Waals surface area contributed by atoms with Gasteiger partial charge in [-0.2, -0.15) is 0 Å². The fourth-order valence-electron chi connectivity index (χ4n) is 1.99. The third-order valence-electron chi connectivity index (χ3n) is 3.51. The molecule has 0 aliphatic rings. The van der Waals surface area contributed by atoms with Crippen molar-refractivity contribution in [1.82, 2.24) is 5.01 Å². The van der Waals surface area contributed by atoms with Crippen LogP contribution < -0.4 is 4.74 Å². The molecule has 8 nitrogen and oxygen atoms in total. The molecule has 2 rings (SSSR count). The number of nitrogens with zero attached hydrogens (tertiary/aromatic N) is 3. The number of sulfone groups is 1. The summed E-state index contributed by atoms with van der Waals surface area (Å²) in [6.07, 6.45) is 0. The molecule has 1 N–H and O–H groups in total. The molecule has 0 heterocycles. The lowest BCUT2D eigenvalue weighted by molar-refractivity contribution is -0.152. The second-order valence-electron chi connectivity index (χ2n) is 6.42. The van der Waals surface area contributed by atoms with Gasteiger partial charge in [0.1, 0.15) is 5.75 Å². The average molecular weight is 391 g/mol. The number of benzene rings is 2. The first kappa shape index (κ1) is 20.4. The van der Waals surface area contributed by atoms with E-state index in [4.69, 9.17) is 9.84 Å². The van der Waals surface area contributed by atoms with Crippen molar-refractivity contribution >= 4 is 21.5 Å². The topological polar surface area (TPSA) is 109 Å². The predicted molar refractivity (Wildman–Crippen MR) is 98.9 cm³/mol. The van der Waals surface area contributed by atoms with Crippen molar-refractivity contribution in [3.05, 3.63) is 48.5 Å². The van der Waals surface area contributed by atoms with Crippen LogP contribution in [0.1, 0.15) is 13.8 Å². The molecule has 0 saturated carbocycles. The summed E-state index contributed by atoms with van der Waals surface area (Å²) in [5.74, 6) is -0.855. The molecule has 0 saturated heterocycles. The van der Waals surface area contributed by atoms with Gasteiger partial charge in [-0.3, -0.25) is 5.01 Å². The molecule has 0 aliphatic heterocycles. The molecule has 0 amide bonds. The molecule has 9 heteroatoms. The number of hydrogen-bond acceptors (Lipinski definition) is 6. The second kappa shape index (κ2) is 7.75. The third kappa shape index (κ3) is 5.04. The van der Waals surface area contributed by atoms with E-state index in [1.165, 1.54) is 55.3 Å². The molecule has 2 aromatic rings. The van der Waals surface area contributed by atoms with Gasteiger partial charge in [0.05, 0.1) is 15.5 Å². The highest BCUT2D eigenvalue weighted by atomic mass is 32.2. The van der Waals surface area contributed by atoms with Crippen molar-refractivity contribution in [1.29, 1.82) is 0 Å². The first-order valence-electron chi connectivity index (χ1n) is 7.99. The van der Waals surface area contributed by atoms with Gasteiger partial charge in [0, 0.05) is 14.1 Å². The van der Waals surface area contributed by atoms with Crippen LogP contribution in [0.5, 0.6) is 5.75 Å². The Bertz CT molecular complexity index is 934. The van der Waals surface area contributed by atoms with Crippen LogP contribution in [-0.2, 0) is 14.6 Å². The summed E-state index contributed by atoms with van der Waals surface area (Å²) >= 11 is 0. The van der Waals surface area contributed by atoms with Gasteiger partial charge < -0.3 is 9.84 Å². The molecule has 0 spiro atoms. The Labute approximate surface area is 158 Å². The Kier molecular flexibility index (Phi) is 5.85. The smallest absolute Gasteiger partial charge is 0.347 e. The zero-order chi connectivity index (χ0) is 20.2. The van der Waals surface area contributed by atoms with Crippen LogP contribution in [0.2, 0.25) is 0 Å². The SMILES string of the molecule is CN(C)N=Nc1ccc(S(=O)(=O)c2ccc(OC(C)(C)C(=O)O)cc2)cc1. The van der Waals surface area contributed by atoms with E-state index < -0.39 is 21.4 Å². The Balaban J connectivity index is 2.23. The van der Waals surface area contributed by atoms with Gasteiger partial charge >= 0.3 is 5.97 Å². The highest BCUT2D eigenvalue weighted by molar-refractivity contribution is 7.91. The predicted octanol–water partition coefficient (Wildman–Crippen LogP) is 3.32. The van der Waals surface area contributed by atoms with Crippen LogP contribution in [0.4, 0.5) is 5.69 Å². The molecule has 0 atom stereocenters. The van der Waals surface area contributed by atoms with Gasteiger partial charge in [0.15, 0.2) is 5.60 Å². The molecule has 0 aromatic heterocycles. The maximum Gasteiger partial charge on any atom is 0.347 e. The molecular formula is C18H21N3O5S. The van der Waals surface area contributed by atoms with Gasteiger partial charge in [-0.1, -0.05) is 5.22 Å². The van der Waals surface area contributed by atoms with E-state index in [0.717, 1.165) is 0 Å². The summed E-state index contributed by atoms with van der Waals surface area (Å²) in [6, 6.07) is 11.6. The lowest BCUT2D eigenvalue weighted by Gasteiger charge is -2.21. The number of carboxylic acids is 1. The molecule has 0 radical (unpaired) electrons. The van der Waals surface area contributed by atoms with Crippen LogP contribution in [0.25, 0.3) is 0 Å². The average Bonchev–Trinajstić information content (AvgIpc) is 2.60. The highest BCUT2D eigenvalue weighted by Crippen LogP contribution is 2.26. The van der Waals surface area contributed by atoms with Crippen molar-refractivity contribution in [2.24, 2.45) is 10.3 Å². The Morgan fingerprint density at radius 2 is 1.48 bits per heavy atom. The molecule has 144 valence electrons. The van der Waals surface area contributed by atoms with Crippen molar-refractivity contribution < 1.29 is 23.1 Å². The summed E-state index contributed by atoms with van der Waals surface area (Å²) < 4.78 is 30.8. The van der Waals surface area contributed by atoms with E-state index in [-0.39, 0.29) is 15.5 Å². The first-order chi connectivity index (χ1) is 12.5. The van der Waals surface area contributed by atoms with Crippen molar-refractivity contribution in [3.8, 4) is 5.75 Å². The summed E-state index contributed by atoms with van der Waals surface area (Å²) in [4.78, 5) is 11.3. The normalized spacial score (nSPS) is 12.1. The maximum absolute atomic E-state index is 12.7. The molecule has 0 aliphatic carbocycles. The fourth-order valence-corrected chi connectivity index (χ4v) is 3.26. The van der Waals surface area contributed by atoms with E-state index >= 15 is 0 Å². The lowest BCUT2D eigenvalue weighted by Crippen LogP contribution is -2.37. The van der Waals surface area contributed by atoms with Gasteiger partial charge in [0.25, 0.3) is 0 Å². The minimum atomic E-state index is -3.72. The minimum absolute atomic E-state index is 0.0747. The monoisotopic (exact) mass is 391 g/mol. The highest BCUT2D eigenvalue weighted by Gasteiger charge is 2.29. The largest absolute Gasteiger partial charge is 0.478 e. The number of aliphatic carboxylic acids is 1. The number of carboxylic acid groups (broad SMARTS) is 1. The summed E-state index contributed by atoms with van der Waals surface area (Å²) in [6.45, 7) is 2.82. The third-order valence-corrected chi connectivity index (χ3v) is 5.29. The van der Waals surface area contributed by atoms with Gasteiger partial charge in [0.2, 0.25) is 9.84 Å². The molecular weight excluding hydrogens is 370 g/mol. The molecule has 2 aromatic carbocycles. The van der Waals surface area contributed by atoms with Gasteiger partial charge in [-0.05, 0) is 62.4 Å². The summed E-state index contributed by atoms with van der Waals surface area (Å²) in [7, 11) is -0.259. The summed E-state index contributed by atoms with van der Waals surface area (Å²) in [5, 5.41) is 18.4. The Morgan fingerprint density at radius 1 is 1.00 bits per heavy atom. The van der Waals surface area contributed by atoms with Crippen molar-refractivity contribution in [2.75, 3.05) is 14.1 Å². The Morgan fingerprint density at radius 3 is 1.93 bits per heavy atom. The first-order valence-corrected chi connectivity index (χ1v) is 9.47. The van der Waals surface area contributed by atoms with Crippen LogP contribution in [0, 0.1) is 0 Å². The number of rotatable bonds is 7. The second-order valence-corrected chi connectivity index (χ2v) is 8.37.